The van der Waals surface area contributed by atoms with Crippen LogP contribution in [0.25, 0.3) is 43.6 Å². The van der Waals surface area contributed by atoms with Crippen LogP contribution >= 0.6 is 0 Å². The predicted octanol–water partition coefficient (Wildman–Crippen LogP) is 8.00. The van der Waals surface area contributed by atoms with Crippen molar-refractivity contribution in [2.24, 2.45) is 0 Å². The lowest BCUT2D eigenvalue weighted by Gasteiger charge is -2.36. The number of nitriles is 2. The summed E-state index contributed by atoms with van der Waals surface area (Å²) in [5.74, 6) is 0. The summed E-state index contributed by atoms with van der Waals surface area (Å²) in [6, 6.07) is 34.7. The van der Waals surface area contributed by atoms with E-state index in [9.17, 15) is 10.5 Å². The van der Waals surface area contributed by atoms with Gasteiger partial charge in [-0.05, 0) is 61.4 Å². The van der Waals surface area contributed by atoms with E-state index < -0.39 is 0 Å². The summed E-state index contributed by atoms with van der Waals surface area (Å²) >= 11 is 0. The Bertz CT molecular complexity index is 1760. The molecule has 0 bridgehead atoms. The van der Waals surface area contributed by atoms with E-state index in [1.165, 1.54) is 34.6 Å². The maximum absolute atomic E-state index is 9.58. The number of aromatic nitrogens is 2. The Morgan fingerprint density at radius 1 is 0.528 bits per heavy atom. The van der Waals surface area contributed by atoms with Crippen LogP contribution in [0.15, 0.2) is 84.9 Å². The van der Waals surface area contributed by atoms with E-state index in [0.29, 0.717) is 17.2 Å². The van der Waals surface area contributed by atoms with Crippen LogP contribution in [0, 0.1) is 22.7 Å². The van der Waals surface area contributed by atoms with Crippen molar-refractivity contribution in [2.45, 2.75) is 37.8 Å². The first-order valence-corrected chi connectivity index (χ1v) is 12.6. The average molecular weight is 465 g/mol. The number of para-hydroxylation sites is 2. The van der Waals surface area contributed by atoms with E-state index in [-0.39, 0.29) is 6.04 Å². The molecule has 1 aliphatic carbocycles. The minimum absolute atomic E-state index is 0.263. The van der Waals surface area contributed by atoms with Crippen LogP contribution in [0.2, 0.25) is 0 Å². The molecule has 36 heavy (non-hydrogen) atoms. The van der Waals surface area contributed by atoms with Gasteiger partial charge in [0.05, 0.1) is 35.3 Å². The second-order valence-electron chi connectivity index (χ2n) is 9.88. The normalized spacial score (nSPS) is 18.1. The van der Waals surface area contributed by atoms with E-state index in [0.717, 1.165) is 34.6 Å². The highest BCUT2D eigenvalue weighted by Gasteiger charge is 2.32. The molecule has 0 aliphatic heterocycles. The first-order valence-electron chi connectivity index (χ1n) is 12.6. The van der Waals surface area contributed by atoms with E-state index in [2.05, 4.69) is 81.9 Å². The molecule has 2 atom stereocenters. The average Bonchev–Trinajstić information content (AvgIpc) is 3.45. The molecule has 6 aromatic rings. The van der Waals surface area contributed by atoms with Crippen molar-refractivity contribution in [2.75, 3.05) is 0 Å². The van der Waals surface area contributed by atoms with Crippen molar-refractivity contribution in [1.82, 2.24) is 9.13 Å². The van der Waals surface area contributed by atoms with Gasteiger partial charge in [0.25, 0.3) is 0 Å². The van der Waals surface area contributed by atoms with Gasteiger partial charge in [-0.2, -0.15) is 10.5 Å². The quantitative estimate of drug-likeness (QED) is 0.261. The Kier molecular flexibility index (Phi) is 4.63. The molecular formula is C32H24N4. The molecular weight excluding hydrogens is 440 g/mol. The standard InChI is InChI=1S/C32H24N4/c33-19-21-13-15-29-25(17-21)26-18-22(20-34)14-16-30(26)36(29)32-12-6-5-11-31(32)35-27-9-3-1-7-23(27)24-8-2-4-10-28(24)35/h1-4,7-10,13-18,31-32H,5-6,11-12H2/t31-,32?/m0/s1. The fraction of sp³-hybridized carbons (Fsp3) is 0.188. The monoisotopic (exact) mass is 464 g/mol. The van der Waals surface area contributed by atoms with Gasteiger partial charge in [0.1, 0.15) is 0 Å². The SMILES string of the molecule is N#Cc1ccc2c(c1)c1cc(C#N)ccc1n2C1CCCC[C@@H]1n1c2ccccc2c2ccccc21. The van der Waals surface area contributed by atoms with Crippen LogP contribution in [-0.4, -0.2) is 9.13 Å². The number of nitrogens with zero attached hydrogens (tertiary/aromatic N) is 4. The van der Waals surface area contributed by atoms with Gasteiger partial charge in [-0.25, -0.2) is 0 Å². The van der Waals surface area contributed by atoms with E-state index in [4.69, 9.17) is 0 Å². The van der Waals surface area contributed by atoms with Crippen LogP contribution in [-0.2, 0) is 0 Å². The molecule has 1 aliphatic rings. The molecule has 2 aromatic heterocycles. The van der Waals surface area contributed by atoms with E-state index >= 15 is 0 Å². The summed E-state index contributed by atoms with van der Waals surface area (Å²) in [5, 5.41) is 23.9. The third kappa shape index (κ3) is 2.92. The molecule has 4 aromatic carbocycles. The smallest absolute Gasteiger partial charge is 0.0991 e. The molecule has 0 saturated heterocycles. The molecule has 4 heteroatoms. The molecule has 0 N–H and O–H groups in total. The third-order valence-electron chi connectivity index (χ3n) is 8.04. The van der Waals surface area contributed by atoms with Crippen LogP contribution in [0.1, 0.15) is 48.9 Å². The number of fused-ring (bicyclic) bond motifs is 6. The van der Waals surface area contributed by atoms with Crippen molar-refractivity contribution < 1.29 is 0 Å². The molecule has 0 radical (unpaired) electrons. The Morgan fingerprint density at radius 3 is 1.39 bits per heavy atom. The summed E-state index contributed by atoms with van der Waals surface area (Å²) in [4.78, 5) is 0. The molecule has 0 spiro atoms. The summed E-state index contributed by atoms with van der Waals surface area (Å²) in [6.45, 7) is 0. The molecule has 1 saturated carbocycles. The highest BCUT2D eigenvalue weighted by molar-refractivity contribution is 6.10. The predicted molar refractivity (Wildman–Crippen MR) is 145 cm³/mol. The topological polar surface area (TPSA) is 57.4 Å². The van der Waals surface area contributed by atoms with Crippen LogP contribution in [0.3, 0.4) is 0 Å². The second kappa shape index (κ2) is 8.01. The van der Waals surface area contributed by atoms with E-state index in [1.807, 2.05) is 24.3 Å². The molecule has 4 nitrogen and oxygen atoms in total. The fourth-order valence-corrected chi connectivity index (χ4v) is 6.55. The maximum Gasteiger partial charge on any atom is 0.0991 e. The summed E-state index contributed by atoms with van der Waals surface area (Å²) in [5.41, 5.74) is 6.14. The zero-order valence-corrected chi connectivity index (χ0v) is 19.9. The minimum Gasteiger partial charge on any atom is -0.335 e. The Hall–Kier alpha value is -4.54. The van der Waals surface area contributed by atoms with Gasteiger partial charge >= 0.3 is 0 Å². The lowest BCUT2D eigenvalue weighted by atomic mass is 9.89. The minimum atomic E-state index is 0.263. The first kappa shape index (κ1) is 20.8. The highest BCUT2D eigenvalue weighted by Crippen LogP contribution is 2.46. The van der Waals surface area contributed by atoms with Crippen molar-refractivity contribution in [1.29, 1.82) is 10.5 Å². The Balaban J connectivity index is 1.53. The van der Waals surface area contributed by atoms with Gasteiger partial charge in [0.15, 0.2) is 0 Å². The number of benzene rings is 4. The van der Waals surface area contributed by atoms with Crippen LogP contribution in [0.5, 0.6) is 0 Å². The molecule has 0 amide bonds. The zero-order valence-electron chi connectivity index (χ0n) is 19.9. The second-order valence-corrected chi connectivity index (χ2v) is 9.88. The van der Waals surface area contributed by atoms with Gasteiger partial charge in [-0.1, -0.05) is 49.2 Å². The summed E-state index contributed by atoms with van der Waals surface area (Å²) in [6.07, 6.45) is 4.59. The van der Waals surface area contributed by atoms with Gasteiger partial charge in [0, 0.05) is 43.6 Å². The largest absolute Gasteiger partial charge is 0.335 e. The highest BCUT2D eigenvalue weighted by atomic mass is 15.1. The summed E-state index contributed by atoms with van der Waals surface area (Å²) < 4.78 is 5.08. The Morgan fingerprint density at radius 2 is 0.944 bits per heavy atom. The van der Waals surface area contributed by atoms with E-state index in [1.54, 1.807) is 0 Å². The van der Waals surface area contributed by atoms with Crippen molar-refractivity contribution >= 4 is 43.6 Å². The molecule has 2 heterocycles. The maximum atomic E-state index is 9.58. The van der Waals surface area contributed by atoms with Crippen molar-refractivity contribution in [3.63, 3.8) is 0 Å². The number of rotatable bonds is 2. The molecule has 1 fully saturated rings. The lowest BCUT2D eigenvalue weighted by molar-refractivity contribution is 0.259. The van der Waals surface area contributed by atoms with Gasteiger partial charge in [-0.3, -0.25) is 0 Å². The molecule has 172 valence electrons. The van der Waals surface area contributed by atoms with Gasteiger partial charge in [-0.15, -0.1) is 0 Å². The van der Waals surface area contributed by atoms with Gasteiger partial charge in [0.2, 0.25) is 0 Å². The van der Waals surface area contributed by atoms with Crippen LogP contribution < -0.4 is 0 Å². The lowest BCUT2D eigenvalue weighted by Crippen LogP contribution is -2.26. The van der Waals surface area contributed by atoms with Crippen molar-refractivity contribution in [3.05, 3.63) is 96.1 Å². The van der Waals surface area contributed by atoms with Crippen molar-refractivity contribution in [3.8, 4) is 12.1 Å². The zero-order chi connectivity index (χ0) is 24.2. The summed E-state index contributed by atoms with van der Waals surface area (Å²) in [7, 11) is 0. The molecule has 1 unspecified atom stereocenters. The van der Waals surface area contributed by atoms with Gasteiger partial charge < -0.3 is 9.13 Å². The Labute approximate surface area is 209 Å². The first-order chi connectivity index (χ1) is 17.8. The number of hydrogen-bond acceptors (Lipinski definition) is 2. The molecule has 7 rings (SSSR count). The third-order valence-corrected chi connectivity index (χ3v) is 8.04. The van der Waals surface area contributed by atoms with Crippen LogP contribution in [0.4, 0.5) is 0 Å². The fourth-order valence-electron chi connectivity index (χ4n) is 6.55. The number of hydrogen-bond donors (Lipinski definition) is 0.